The summed E-state index contributed by atoms with van der Waals surface area (Å²) in [5, 5.41) is 3.04. The molecule has 3 N–H and O–H groups in total. The van der Waals surface area contributed by atoms with Crippen LogP contribution in [0.3, 0.4) is 0 Å². The molecule has 4 nitrogen and oxygen atoms in total. The van der Waals surface area contributed by atoms with E-state index >= 15 is 0 Å². The van der Waals surface area contributed by atoms with E-state index in [1.54, 1.807) is 18.3 Å². The van der Waals surface area contributed by atoms with E-state index in [-0.39, 0.29) is 5.91 Å². The van der Waals surface area contributed by atoms with Gasteiger partial charge in [-0.05, 0) is 25.0 Å². The highest BCUT2D eigenvalue weighted by Gasteiger charge is 2.16. The molecule has 0 saturated heterocycles. The number of nitrogen functional groups attached to an aromatic ring is 1. The average Bonchev–Trinajstić information content (AvgIpc) is 2.30. The van der Waals surface area contributed by atoms with E-state index < -0.39 is 0 Å². The van der Waals surface area contributed by atoms with E-state index in [1.165, 1.54) is 19.3 Å². The molecule has 1 saturated carbocycles. The van der Waals surface area contributed by atoms with E-state index in [0.717, 1.165) is 12.8 Å². The van der Waals surface area contributed by atoms with Crippen molar-refractivity contribution in [2.24, 2.45) is 0 Å². The Kier molecular flexibility index (Phi) is 3.39. The van der Waals surface area contributed by atoms with Gasteiger partial charge in [-0.1, -0.05) is 19.3 Å². The number of amides is 1. The van der Waals surface area contributed by atoms with E-state index in [1.807, 2.05) is 0 Å². The Morgan fingerprint density at radius 1 is 1.38 bits per heavy atom. The van der Waals surface area contributed by atoms with Crippen LogP contribution in [0.5, 0.6) is 0 Å². The summed E-state index contributed by atoms with van der Waals surface area (Å²) in [6.07, 6.45) is 7.45. The van der Waals surface area contributed by atoms with Gasteiger partial charge in [0.25, 0.3) is 5.91 Å². The molecule has 1 aliphatic rings. The third kappa shape index (κ3) is 2.72. The third-order valence-corrected chi connectivity index (χ3v) is 2.98. The summed E-state index contributed by atoms with van der Waals surface area (Å²) in [7, 11) is 0. The molecule has 1 fully saturated rings. The van der Waals surface area contributed by atoms with Gasteiger partial charge in [0.05, 0.1) is 0 Å². The van der Waals surface area contributed by atoms with E-state index in [2.05, 4.69) is 10.3 Å². The van der Waals surface area contributed by atoms with Crippen LogP contribution >= 0.6 is 0 Å². The Morgan fingerprint density at radius 3 is 2.81 bits per heavy atom. The molecule has 0 bridgehead atoms. The zero-order valence-electron chi connectivity index (χ0n) is 9.28. The van der Waals surface area contributed by atoms with Crippen molar-refractivity contribution in [2.75, 3.05) is 5.73 Å². The number of nitrogens with two attached hydrogens (primary N) is 1. The fourth-order valence-electron chi connectivity index (χ4n) is 2.11. The number of carbonyl (C=O) groups excluding carboxylic acids is 1. The molecular weight excluding hydrogens is 202 g/mol. The average molecular weight is 219 g/mol. The second kappa shape index (κ2) is 4.96. The SMILES string of the molecule is Nc1cc(C(=O)NC2CCCCC2)ccn1. The molecule has 0 spiro atoms. The lowest BCUT2D eigenvalue weighted by Gasteiger charge is -2.22. The van der Waals surface area contributed by atoms with Gasteiger partial charge in [-0.25, -0.2) is 4.98 Å². The number of carbonyl (C=O) groups is 1. The number of hydrogen-bond donors (Lipinski definition) is 2. The van der Waals surface area contributed by atoms with Gasteiger partial charge in [0.1, 0.15) is 5.82 Å². The van der Waals surface area contributed by atoms with Crippen LogP contribution in [-0.4, -0.2) is 16.9 Å². The molecule has 16 heavy (non-hydrogen) atoms. The molecule has 0 aromatic carbocycles. The number of pyridine rings is 1. The van der Waals surface area contributed by atoms with Crippen molar-refractivity contribution in [3.05, 3.63) is 23.9 Å². The number of nitrogens with zero attached hydrogens (tertiary/aromatic N) is 1. The fraction of sp³-hybridized carbons (Fsp3) is 0.500. The minimum atomic E-state index is -0.0407. The highest BCUT2D eigenvalue weighted by molar-refractivity contribution is 5.94. The zero-order valence-corrected chi connectivity index (χ0v) is 9.28. The standard InChI is InChI=1S/C12H17N3O/c13-11-8-9(6-7-14-11)12(16)15-10-4-2-1-3-5-10/h6-8,10H,1-5H2,(H2,13,14)(H,15,16). The Balaban J connectivity index is 1.97. The van der Waals surface area contributed by atoms with Gasteiger partial charge in [0, 0.05) is 17.8 Å². The summed E-state index contributed by atoms with van der Waals surface area (Å²) in [6, 6.07) is 3.63. The van der Waals surface area contributed by atoms with Crippen LogP contribution in [0.25, 0.3) is 0 Å². The van der Waals surface area contributed by atoms with Crippen molar-refractivity contribution in [1.29, 1.82) is 0 Å². The first-order valence-electron chi connectivity index (χ1n) is 5.78. The van der Waals surface area contributed by atoms with Crippen LogP contribution in [0.15, 0.2) is 18.3 Å². The van der Waals surface area contributed by atoms with Crippen LogP contribution in [0.1, 0.15) is 42.5 Å². The molecular formula is C12H17N3O. The van der Waals surface area contributed by atoms with Crippen LogP contribution in [0, 0.1) is 0 Å². The monoisotopic (exact) mass is 219 g/mol. The first-order chi connectivity index (χ1) is 7.75. The number of rotatable bonds is 2. The molecule has 0 aliphatic heterocycles. The minimum absolute atomic E-state index is 0.0407. The summed E-state index contributed by atoms with van der Waals surface area (Å²) >= 11 is 0. The molecule has 86 valence electrons. The van der Waals surface area contributed by atoms with Crippen LogP contribution in [0.4, 0.5) is 5.82 Å². The Morgan fingerprint density at radius 2 is 2.12 bits per heavy atom. The quantitative estimate of drug-likeness (QED) is 0.796. The molecule has 1 amide bonds. The summed E-state index contributed by atoms with van der Waals surface area (Å²) < 4.78 is 0. The highest BCUT2D eigenvalue weighted by Crippen LogP contribution is 2.17. The van der Waals surface area contributed by atoms with Gasteiger partial charge in [0.15, 0.2) is 0 Å². The number of hydrogen-bond acceptors (Lipinski definition) is 3. The summed E-state index contributed by atoms with van der Waals surface area (Å²) in [6.45, 7) is 0. The first kappa shape index (κ1) is 10.9. The van der Waals surface area contributed by atoms with Crippen molar-refractivity contribution >= 4 is 11.7 Å². The van der Waals surface area contributed by atoms with Crippen molar-refractivity contribution < 1.29 is 4.79 Å². The van der Waals surface area contributed by atoms with Crippen LogP contribution < -0.4 is 11.1 Å². The number of anilines is 1. The molecule has 0 atom stereocenters. The van der Waals surface area contributed by atoms with Gasteiger partial charge in [-0.2, -0.15) is 0 Å². The van der Waals surface area contributed by atoms with Crippen LogP contribution in [0.2, 0.25) is 0 Å². The van der Waals surface area contributed by atoms with Crippen molar-refractivity contribution in [3.63, 3.8) is 0 Å². The number of aromatic nitrogens is 1. The maximum Gasteiger partial charge on any atom is 0.251 e. The van der Waals surface area contributed by atoms with Crippen molar-refractivity contribution in [1.82, 2.24) is 10.3 Å². The first-order valence-corrected chi connectivity index (χ1v) is 5.78. The summed E-state index contributed by atoms with van der Waals surface area (Å²) in [5.41, 5.74) is 6.13. The lowest BCUT2D eigenvalue weighted by atomic mass is 9.95. The predicted molar refractivity (Wildman–Crippen MR) is 63.0 cm³/mol. The Labute approximate surface area is 95.3 Å². The zero-order chi connectivity index (χ0) is 11.4. The Bertz CT molecular complexity index is 372. The smallest absolute Gasteiger partial charge is 0.251 e. The van der Waals surface area contributed by atoms with E-state index in [0.29, 0.717) is 17.4 Å². The lowest BCUT2D eigenvalue weighted by molar-refractivity contribution is 0.0927. The molecule has 1 aliphatic carbocycles. The van der Waals surface area contributed by atoms with Gasteiger partial charge < -0.3 is 11.1 Å². The summed E-state index contributed by atoms with van der Waals surface area (Å²) in [5.74, 6) is 0.345. The Hall–Kier alpha value is -1.58. The number of nitrogens with one attached hydrogen (secondary N) is 1. The van der Waals surface area contributed by atoms with Crippen molar-refractivity contribution in [3.8, 4) is 0 Å². The van der Waals surface area contributed by atoms with Gasteiger partial charge in [-0.15, -0.1) is 0 Å². The topological polar surface area (TPSA) is 68.0 Å². The maximum atomic E-state index is 11.9. The largest absolute Gasteiger partial charge is 0.384 e. The molecule has 4 heteroatoms. The molecule has 1 aromatic heterocycles. The molecule has 1 aromatic rings. The maximum absolute atomic E-state index is 11.9. The van der Waals surface area contributed by atoms with Crippen molar-refractivity contribution in [2.45, 2.75) is 38.1 Å². The second-order valence-corrected chi connectivity index (χ2v) is 4.28. The lowest BCUT2D eigenvalue weighted by Crippen LogP contribution is -2.36. The second-order valence-electron chi connectivity index (χ2n) is 4.28. The molecule has 0 unspecified atom stereocenters. The van der Waals surface area contributed by atoms with E-state index in [9.17, 15) is 4.79 Å². The summed E-state index contributed by atoms with van der Waals surface area (Å²) in [4.78, 5) is 15.7. The van der Waals surface area contributed by atoms with Gasteiger partial charge >= 0.3 is 0 Å². The predicted octanol–water partition coefficient (Wildman–Crippen LogP) is 1.73. The molecule has 1 heterocycles. The van der Waals surface area contributed by atoms with Crippen LogP contribution in [-0.2, 0) is 0 Å². The highest BCUT2D eigenvalue weighted by atomic mass is 16.1. The normalized spacial score (nSPS) is 17.0. The van der Waals surface area contributed by atoms with Gasteiger partial charge in [-0.3, -0.25) is 4.79 Å². The third-order valence-electron chi connectivity index (χ3n) is 2.98. The van der Waals surface area contributed by atoms with Gasteiger partial charge in [0.2, 0.25) is 0 Å². The fourth-order valence-corrected chi connectivity index (χ4v) is 2.11. The molecule has 2 rings (SSSR count). The minimum Gasteiger partial charge on any atom is -0.384 e. The van der Waals surface area contributed by atoms with E-state index in [4.69, 9.17) is 5.73 Å². The molecule has 0 radical (unpaired) electrons.